The number of halogens is 1. The third-order valence-electron chi connectivity index (χ3n) is 4.41. The van der Waals surface area contributed by atoms with Crippen molar-refractivity contribution >= 4 is 0 Å². The van der Waals surface area contributed by atoms with Gasteiger partial charge in [0, 0.05) is 18.2 Å². The highest BCUT2D eigenvalue weighted by Crippen LogP contribution is 2.34. The van der Waals surface area contributed by atoms with Gasteiger partial charge >= 0.3 is 0 Å². The first-order valence-corrected chi connectivity index (χ1v) is 7.78. The van der Waals surface area contributed by atoms with E-state index in [-0.39, 0.29) is 11.9 Å². The Morgan fingerprint density at radius 3 is 2.74 bits per heavy atom. The first kappa shape index (κ1) is 15.5. The van der Waals surface area contributed by atoms with Gasteiger partial charge in [0.25, 0.3) is 0 Å². The fraction of sp³-hybridized carbons (Fsp3) is 0.316. The van der Waals surface area contributed by atoms with E-state index in [4.69, 9.17) is 10.00 Å². The number of benzene rings is 2. The Kier molecular flexibility index (Phi) is 4.59. The second-order valence-corrected chi connectivity index (χ2v) is 5.82. The fourth-order valence-corrected chi connectivity index (χ4v) is 3.20. The molecular weight excluding hydrogens is 291 g/mol. The zero-order valence-corrected chi connectivity index (χ0v) is 13.1. The zero-order valence-electron chi connectivity index (χ0n) is 13.1. The van der Waals surface area contributed by atoms with Crippen LogP contribution in [0.15, 0.2) is 42.5 Å². The maximum Gasteiger partial charge on any atom is 0.127 e. The van der Waals surface area contributed by atoms with Gasteiger partial charge in [-0.25, -0.2) is 4.39 Å². The highest BCUT2D eigenvalue weighted by atomic mass is 19.1. The predicted octanol–water partition coefficient (Wildman–Crippen LogP) is 4.04. The maximum absolute atomic E-state index is 14.0. The molecular formula is C19H19FN2O. The molecule has 0 aromatic heterocycles. The predicted molar refractivity (Wildman–Crippen MR) is 86.5 cm³/mol. The van der Waals surface area contributed by atoms with Crippen LogP contribution >= 0.6 is 0 Å². The zero-order chi connectivity index (χ0) is 16.2. The number of hydrogen-bond donors (Lipinski definition) is 0. The molecule has 23 heavy (non-hydrogen) atoms. The highest BCUT2D eigenvalue weighted by Gasteiger charge is 2.26. The van der Waals surface area contributed by atoms with Crippen LogP contribution in [-0.4, -0.2) is 18.6 Å². The summed E-state index contributed by atoms with van der Waals surface area (Å²) in [6.07, 6.45) is 2.15. The topological polar surface area (TPSA) is 36.3 Å². The van der Waals surface area contributed by atoms with E-state index in [1.807, 2.05) is 12.1 Å². The SMILES string of the molecule is COc1ccc([C@@H]2CCCN2Cc2cc(C#N)ccc2F)cc1. The van der Waals surface area contributed by atoms with E-state index in [0.29, 0.717) is 17.7 Å². The highest BCUT2D eigenvalue weighted by molar-refractivity contribution is 5.34. The van der Waals surface area contributed by atoms with E-state index in [0.717, 1.165) is 25.1 Å². The van der Waals surface area contributed by atoms with Crippen LogP contribution in [0.3, 0.4) is 0 Å². The molecule has 0 N–H and O–H groups in total. The van der Waals surface area contributed by atoms with E-state index < -0.39 is 0 Å². The fourth-order valence-electron chi connectivity index (χ4n) is 3.20. The van der Waals surface area contributed by atoms with Crippen LogP contribution < -0.4 is 4.74 Å². The van der Waals surface area contributed by atoms with Gasteiger partial charge in [-0.05, 0) is 55.3 Å². The molecule has 1 atom stereocenters. The minimum atomic E-state index is -0.246. The summed E-state index contributed by atoms with van der Waals surface area (Å²) in [4.78, 5) is 2.28. The van der Waals surface area contributed by atoms with Crippen LogP contribution in [0, 0.1) is 17.1 Å². The molecule has 4 heteroatoms. The molecule has 3 nitrogen and oxygen atoms in total. The van der Waals surface area contributed by atoms with E-state index in [1.165, 1.54) is 17.7 Å². The molecule has 1 aliphatic heterocycles. The van der Waals surface area contributed by atoms with Crippen LogP contribution in [0.4, 0.5) is 4.39 Å². The van der Waals surface area contributed by atoms with Crippen LogP contribution in [0.1, 0.15) is 35.6 Å². The van der Waals surface area contributed by atoms with Gasteiger partial charge in [0.15, 0.2) is 0 Å². The largest absolute Gasteiger partial charge is 0.497 e. The summed E-state index contributed by atoms with van der Waals surface area (Å²) in [7, 11) is 1.65. The van der Waals surface area contributed by atoms with Gasteiger partial charge in [-0.1, -0.05) is 12.1 Å². The number of methoxy groups -OCH3 is 1. The van der Waals surface area contributed by atoms with Gasteiger partial charge in [-0.15, -0.1) is 0 Å². The summed E-state index contributed by atoms with van der Waals surface area (Å²) in [6.45, 7) is 1.46. The first-order chi connectivity index (χ1) is 11.2. The molecule has 2 aromatic rings. The molecule has 2 aromatic carbocycles. The number of rotatable bonds is 4. The maximum atomic E-state index is 14.0. The van der Waals surface area contributed by atoms with Crippen molar-refractivity contribution in [2.75, 3.05) is 13.7 Å². The van der Waals surface area contributed by atoms with Crippen LogP contribution in [-0.2, 0) is 6.54 Å². The van der Waals surface area contributed by atoms with Crippen molar-refractivity contribution in [3.05, 3.63) is 65.0 Å². The lowest BCUT2D eigenvalue weighted by molar-refractivity contribution is 0.245. The Morgan fingerprint density at radius 1 is 1.26 bits per heavy atom. The summed E-state index contributed by atoms with van der Waals surface area (Å²) in [5.74, 6) is 0.593. The first-order valence-electron chi connectivity index (χ1n) is 7.78. The molecule has 1 saturated heterocycles. The Labute approximate surface area is 135 Å². The average Bonchev–Trinajstić information content (AvgIpc) is 3.05. The Balaban J connectivity index is 1.80. The number of nitriles is 1. The van der Waals surface area contributed by atoms with Gasteiger partial charge in [0.1, 0.15) is 11.6 Å². The number of hydrogen-bond acceptors (Lipinski definition) is 3. The van der Waals surface area contributed by atoms with Gasteiger partial charge in [0.05, 0.1) is 18.7 Å². The molecule has 0 unspecified atom stereocenters. The van der Waals surface area contributed by atoms with E-state index >= 15 is 0 Å². The van der Waals surface area contributed by atoms with E-state index in [2.05, 4.69) is 23.1 Å². The van der Waals surface area contributed by atoms with Gasteiger partial charge in [-0.2, -0.15) is 5.26 Å². The van der Waals surface area contributed by atoms with Gasteiger partial charge in [0.2, 0.25) is 0 Å². The Bertz CT molecular complexity index is 721. The third kappa shape index (κ3) is 3.35. The molecule has 0 bridgehead atoms. The molecule has 0 spiro atoms. The number of nitrogens with zero attached hydrogens (tertiary/aromatic N) is 2. The third-order valence-corrected chi connectivity index (χ3v) is 4.41. The second kappa shape index (κ2) is 6.80. The van der Waals surface area contributed by atoms with Crippen molar-refractivity contribution in [3.63, 3.8) is 0 Å². The van der Waals surface area contributed by atoms with Gasteiger partial charge in [-0.3, -0.25) is 4.90 Å². The minimum Gasteiger partial charge on any atom is -0.497 e. The lowest BCUT2D eigenvalue weighted by Crippen LogP contribution is -2.23. The summed E-state index contributed by atoms with van der Waals surface area (Å²) in [6, 6.07) is 15.0. The van der Waals surface area contributed by atoms with E-state index in [1.54, 1.807) is 13.2 Å². The van der Waals surface area contributed by atoms with Crippen molar-refractivity contribution in [3.8, 4) is 11.8 Å². The minimum absolute atomic E-state index is 0.246. The molecule has 3 rings (SSSR count). The quantitative estimate of drug-likeness (QED) is 0.855. The van der Waals surface area contributed by atoms with Crippen LogP contribution in [0.2, 0.25) is 0 Å². The normalized spacial score (nSPS) is 17.9. The number of ether oxygens (including phenoxy) is 1. The smallest absolute Gasteiger partial charge is 0.127 e. The molecule has 0 amide bonds. The summed E-state index contributed by atoms with van der Waals surface area (Å²) in [5.41, 5.74) is 2.31. The summed E-state index contributed by atoms with van der Waals surface area (Å²) < 4.78 is 19.2. The van der Waals surface area contributed by atoms with Crippen LogP contribution in [0.5, 0.6) is 5.75 Å². The monoisotopic (exact) mass is 310 g/mol. The lowest BCUT2D eigenvalue weighted by atomic mass is 10.0. The molecule has 1 aliphatic rings. The molecule has 0 aliphatic carbocycles. The van der Waals surface area contributed by atoms with Crippen molar-refractivity contribution in [1.82, 2.24) is 4.90 Å². The Hall–Kier alpha value is -2.38. The molecule has 0 saturated carbocycles. The lowest BCUT2D eigenvalue weighted by Gasteiger charge is -2.25. The van der Waals surface area contributed by atoms with Crippen molar-refractivity contribution in [1.29, 1.82) is 5.26 Å². The van der Waals surface area contributed by atoms with Crippen molar-refractivity contribution in [2.45, 2.75) is 25.4 Å². The molecule has 0 radical (unpaired) electrons. The summed E-state index contributed by atoms with van der Waals surface area (Å²) >= 11 is 0. The molecule has 1 fully saturated rings. The molecule has 1 heterocycles. The van der Waals surface area contributed by atoms with Crippen molar-refractivity contribution in [2.24, 2.45) is 0 Å². The Morgan fingerprint density at radius 2 is 2.04 bits per heavy atom. The molecule has 118 valence electrons. The van der Waals surface area contributed by atoms with Crippen LogP contribution in [0.25, 0.3) is 0 Å². The van der Waals surface area contributed by atoms with Gasteiger partial charge < -0.3 is 4.74 Å². The van der Waals surface area contributed by atoms with E-state index in [9.17, 15) is 4.39 Å². The average molecular weight is 310 g/mol. The number of likely N-dealkylation sites (tertiary alicyclic amines) is 1. The standard InChI is InChI=1S/C19H19FN2O/c1-23-17-7-5-15(6-8-17)19-3-2-10-22(19)13-16-11-14(12-21)4-9-18(16)20/h4-9,11,19H,2-3,10,13H2,1H3/t19-/m0/s1. The second-order valence-electron chi connectivity index (χ2n) is 5.82. The van der Waals surface area contributed by atoms with Crippen molar-refractivity contribution < 1.29 is 9.13 Å². The summed E-state index contributed by atoms with van der Waals surface area (Å²) in [5, 5.41) is 9.00.